The highest BCUT2D eigenvalue weighted by molar-refractivity contribution is 5.82. The number of aromatic nitrogens is 3. The minimum atomic E-state index is -4.55. The van der Waals surface area contributed by atoms with Gasteiger partial charge in [0.05, 0.1) is 35.6 Å². The number of nitrogens with zero attached hydrogens (tertiary/aromatic N) is 3. The molecule has 3 rings (SSSR count). The van der Waals surface area contributed by atoms with E-state index in [4.69, 9.17) is 10.1 Å². The number of rotatable bonds is 10. The van der Waals surface area contributed by atoms with Crippen LogP contribution >= 0.6 is 0 Å². The molecule has 2 unspecified atom stereocenters. The number of nitrogens with one attached hydrogen (secondary N) is 1. The van der Waals surface area contributed by atoms with Gasteiger partial charge in [0.25, 0.3) is 0 Å². The summed E-state index contributed by atoms with van der Waals surface area (Å²) in [5, 5.41) is 32.0. The number of halogens is 3. The summed E-state index contributed by atoms with van der Waals surface area (Å²) in [6.45, 7) is 3.76. The lowest BCUT2D eigenvalue weighted by Gasteiger charge is -2.14. The minimum absolute atomic E-state index is 0.150. The number of anilines is 1. The van der Waals surface area contributed by atoms with Gasteiger partial charge in [0.2, 0.25) is 0 Å². The highest BCUT2D eigenvalue weighted by atomic mass is 19.4. The molecular formula is C26H29F3N4O4. The summed E-state index contributed by atoms with van der Waals surface area (Å²) in [4.78, 5) is 19.8. The van der Waals surface area contributed by atoms with E-state index in [1.54, 1.807) is 36.0 Å². The largest absolute Gasteiger partial charge is 0.481 e. The molecule has 8 nitrogen and oxygen atoms in total. The fourth-order valence-corrected chi connectivity index (χ4v) is 3.87. The van der Waals surface area contributed by atoms with Crippen molar-refractivity contribution < 1.29 is 33.3 Å². The number of aliphatic hydroxyl groups excluding tert-OH is 2. The Morgan fingerprint density at radius 2 is 1.89 bits per heavy atom. The maximum absolute atomic E-state index is 13.6. The zero-order valence-electron chi connectivity index (χ0n) is 20.6. The molecule has 11 heteroatoms. The van der Waals surface area contributed by atoms with Gasteiger partial charge in [-0.15, -0.1) is 0 Å². The quantitative estimate of drug-likeness (QED) is 0.303. The Kier molecular flexibility index (Phi) is 8.72. The van der Waals surface area contributed by atoms with Crippen LogP contribution in [-0.4, -0.2) is 55.1 Å². The van der Waals surface area contributed by atoms with Crippen LogP contribution in [0.2, 0.25) is 0 Å². The molecule has 2 atom stereocenters. The molecule has 1 aromatic carbocycles. The van der Waals surface area contributed by atoms with E-state index < -0.39 is 36.3 Å². The predicted molar refractivity (Wildman–Crippen MR) is 134 cm³/mol. The van der Waals surface area contributed by atoms with Crippen LogP contribution in [0.3, 0.4) is 0 Å². The van der Waals surface area contributed by atoms with Crippen molar-refractivity contribution in [1.82, 2.24) is 14.5 Å². The van der Waals surface area contributed by atoms with Crippen LogP contribution in [0.5, 0.6) is 0 Å². The summed E-state index contributed by atoms with van der Waals surface area (Å²) in [7, 11) is 1.70. The summed E-state index contributed by atoms with van der Waals surface area (Å²) >= 11 is 0. The number of alkyl halides is 3. The fraction of sp³-hybridized carbons (Fsp3) is 0.346. The van der Waals surface area contributed by atoms with Crippen LogP contribution < -0.4 is 5.32 Å². The van der Waals surface area contributed by atoms with Crippen molar-refractivity contribution in [2.75, 3.05) is 12.4 Å². The zero-order valence-corrected chi connectivity index (χ0v) is 20.6. The van der Waals surface area contributed by atoms with Crippen LogP contribution in [0.4, 0.5) is 19.0 Å². The number of pyridine rings is 1. The highest BCUT2D eigenvalue weighted by Gasteiger charge is 2.31. The molecule has 0 saturated carbocycles. The van der Waals surface area contributed by atoms with E-state index in [0.717, 1.165) is 12.1 Å². The number of benzene rings is 1. The smallest absolute Gasteiger partial charge is 0.416 e. The standard InChI is InChI=1S/C26H29F3N4O4/c1-15(2)25-32-23(16-7-9-31-21(12-16)30-3)24(17-5-4-6-18(11-17)26(27,28)29)33(25)10-8-19(34)13-20(35)14-22(36)37/h4-12,15,19-20,34-35H,13-14H2,1-3H3,(H,30,31)(H,36,37). The van der Waals surface area contributed by atoms with Gasteiger partial charge in [-0.3, -0.25) is 4.79 Å². The van der Waals surface area contributed by atoms with Crippen molar-refractivity contribution in [3.05, 3.63) is 60.1 Å². The lowest BCUT2D eigenvalue weighted by Crippen LogP contribution is -2.19. The normalized spacial score (nSPS) is 13.8. The van der Waals surface area contributed by atoms with Gasteiger partial charge in [0.1, 0.15) is 11.6 Å². The van der Waals surface area contributed by atoms with Crippen molar-refractivity contribution in [2.24, 2.45) is 0 Å². The highest BCUT2D eigenvalue weighted by Crippen LogP contribution is 2.38. The number of aliphatic carboxylic acids is 1. The number of imidazole rings is 1. The van der Waals surface area contributed by atoms with Gasteiger partial charge in [0.15, 0.2) is 0 Å². The Bertz CT molecular complexity index is 1270. The first-order valence-corrected chi connectivity index (χ1v) is 11.6. The first-order valence-electron chi connectivity index (χ1n) is 11.6. The van der Waals surface area contributed by atoms with E-state index in [1.807, 2.05) is 13.8 Å². The van der Waals surface area contributed by atoms with Gasteiger partial charge in [-0.2, -0.15) is 13.2 Å². The Balaban J connectivity index is 2.20. The number of carboxylic acids is 1. The molecule has 0 aliphatic heterocycles. The van der Waals surface area contributed by atoms with Gasteiger partial charge in [-0.1, -0.05) is 26.0 Å². The Morgan fingerprint density at radius 3 is 2.51 bits per heavy atom. The van der Waals surface area contributed by atoms with Crippen molar-refractivity contribution in [1.29, 1.82) is 0 Å². The van der Waals surface area contributed by atoms with E-state index in [1.165, 1.54) is 18.3 Å². The van der Waals surface area contributed by atoms with E-state index in [0.29, 0.717) is 28.6 Å². The second-order valence-corrected chi connectivity index (χ2v) is 8.85. The molecule has 4 N–H and O–H groups in total. The molecule has 2 aromatic heterocycles. The number of hydrogen-bond donors (Lipinski definition) is 4. The average molecular weight is 519 g/mol. The number of hydrogen-bond acceptors (Lipinski definition) is 6. The first-order chi connectivity index (χ1) is 17.4. The Labute approximate surface area is 212 Å². The Morgan fingerprint density at radius 1 is 1.16 bits per heavy atom. The molecule has 0 spiro atoms. The van der Waals surface area contributed by atoms with Gasteiger partial charge in [0, 0.05) is 42.9 Å². The van der Waals surface area contributed by atoms with Crippen molar-refractivity contribution >= 4 is 18.0 Å². The van der Waals surface area contributed by atoms with Gasteiger partial charge in [-0.05, 0) is 30.3 Å². The molecule has 0 aliphatic rings. The third-order valence-corrected chi connectivity index (χ3v) is 5.59. The SMILES string of the molecule is CNc1cc(-c2nc(C(C)C)n(C=CC(O)CC(O)CC(=O)O)c2-c2cccc(C(F)(F)F)c2)ccn1. The second kappa shape index (κ2) is 11.6. The predicted octanol–water partition coefficient (Wildman–Crippen LogP) is 4.85. The molecule has 0 amide bonds. The van der Waals surface area contributed by atoms with Gasteiger partial charge >= 0.3 is 12.1 Å². The van der Waals surface area contributed by atoms with Crippen LogP contribution in [0, 0.1) is 0 Å². The zero-order chi connectivity index (χ0) is 27.3. The lowest BCUT2D eigenvalue weighted by molar-refractivity contribution is -0.139. The third-order valence-electron chi connectivity index (χ3n) is 5.59. The molecular weight excluding hydrogens is 489 g/mol. The molecule has 3 aromatic rings. The molecule has 37 heavy (non-hydrogen) atoms. The summed E-state index contributed by atoms with van der Waals surface area (Å²) in [6.07, 6.45) is -3.37. The topological polar surface area (TPSA) is 120 Å². The van der Waals surface area contributed by atoms with E-state index in [2.05, 4.69) is 10.3 Å². The fourth-order valence-electron chi connectivity index (χ4n) is 3.87. The second-order valence-electron chi connectivity index (χ2n) is 8.85. The molecule has 0 radical (unpaired) electrons. The van der Waals surface area contributed by atoms with Crippen LogP contribution in [-0.2, 0) is 11.0 Å². The molecule has 0 fully saturated rings. The maximum Gasteiger partial charge on any atom is 0.416 e. The van der Waals surface area contributed by atoms with Crippen LogP contribution in [0.25, 0.3) is 28.7 Å². The number of carbonyl (C=O) groups is 1. The van der Waals surface area contributed by atoms with Crippen molar-refractivity contribution in [2.45, 2.75) is 51.0 Å². The molecule has 2 heterocycles. The monoisotopic (exact) mass is 518 g/mol. The number of carboxylic acid groups (broad SMARTS) is 1. The molecule has 198 valence electrons. The van der Waals surface area contributed by atoms with Crippen molar-refractivity contribution in [3.8, 4) is 22.5 Å². The van der Waals surface area contributed by atoms with E-state index in [-0.39, 0.29) is 17.9 Å². The third kappa shape index (κ3) is 6.95. The Hall–Kier alpha value is -3.70. The van der Waals surface area contributed by atoms with Crippen LogP contribution in [0.15, 0.2) is 48.7 Å². The summed E-state index contributed by atoms with van der Waals surface area (Å²) in [5.74, 6) is -0.273. The van der Waals surface area contributed by atoms with Gasteiger partial charge < -0.3 is 25.2 Å². The van der Waals surface area contributed by atoms with E-state index in [9.17, 15) is 28.2 Å². The summed E-state index contributed by atoms with van der Waals surface area (Å²) in [6, 6.07) is 8.34. The molecule has 0 aliphatic carbocycles. The van der Waals surface area contributed by atoms with Gasteiger partial charge in [-0.25, -0.2) is 9.97 Å². The molecule has 0 bridgehead atoms. The first kappa shape index (κ1) is 27.9. The lowest BCUT2D eigenvalue weighted by atomic mass is 10.0. The van der Waals surface area contributed by atoms with E-state index >= 15 is 0 Å². The van der Waals surface area contributed by atoms with Crippen LogP contribution in [0.1, 0.15) is 44.0 Å². The molecule has 0 saturated heterocycles. The average Bonchev–Trinajstić information content (AvgIpc) is 3.21. The van der Waals surface area contributed by atoms with Crippen molar-refractivity contribution in [3.63, 3.8) is 0 Å². The number of aliphatic hydroxyl groups is 2. The minimum Gasteiger partial charge on any atom is -0.481 e. The summed E-state index contributed by atoms with van der Waals surface area (Å²) in [5.41, 5.74) is 0.862. The summed E-state index contributed by atoms with van der Waals surface area (Å²) < 4.78 is 42.3. The maximum atomic E-state index is 13.6.